The van der Waals surface area contributed by atoms with Crippen LogP contribution in [0.1, 0.15) is 54.1 Å². The first-order chi connectivity index (χ1) is 12.5. The van der Waals surface area contributed by atoms with Crippen LogP contribution in [-0.4, -0.2) is 13.1 Å². The van der Waals surface area contributed by atoms with Crippen LogP contribution in [0.15, 0.2) is 91.0 Å². The van der Waals surface area contributed by atoms with Gasteiger partial charge in [0.1, 0.15) is 0 Å². The molecule has 3 aromatic rings. The molecule has 0 bridgehead atoms. The van der Waals surface area contributed by atoms with Crippen molar-refractivity contribution >= 4 is 8.32 Å². The van der Waals surface area contributed by atoms with Crippen LogP contribution in [0.25, 0.3) is 0 Å². The lowest BCUT2D eigenvalue weighted by Gasteiger charge is -2.42. The zero-order chi connectivity index (χ0) is 18.6. The Morgan fingerprint density at radius 1 is 0.500 bits per heavy atom. The first-order valence-electron chi connectivity index (χ1n) is 9.42. The zero-order valence-corrected chi connectivity index (χ0v) is 16.8. The Hall–Kier alpha value is -2.16. The van der Waals surface area contributed by atoms with Crippen LogP contribution >= 0.6 is 0 Å². The Bertz CT molecular complexity index is 690. The molecule has 1 N–H and O–H groups in total. The highest BCUT2D eigenvalue weighted by molar-refractivity contribution is 6.76. The van der Waals surface area contributed by atoms with Gasteiger partial charge in [-0.05, 0) is 16.7 Å². The van der Waals surface area contributed by atoms with Gasteiger partial charge in [0, 0.05) is 16.6 Å². The molecule has 3 rings (SSSR count). The SMILES string of the molecule is CC(c1ccccc1)[Si](O)(C(C)c1ccccc1)C(C)c1ccccc1. The van der Waals surface area contributed by atoms with Crippen molar-refractivity contribution in [2.75, 3.05) is 0 Å². The van der Waals surface area contributed by atoms with Crippen LogP contribution in [-0.2, 0) is 0 Å². The minimum atomic E-state index is -2.78. The highest BCUT2D eigenvalue weighted by atomic mass is 28.4. The normalized spacial score (nSPS) is 17.1. The van der Waals surface area contributed by atoms with Crippen molar-refractivity contribution in [2.24, 2.45) is 0 Å². The molecular formula is C24H28OSi. The van der Waals surface area contributed by atoms with Crippen LogP contribution < -0.4 is 0 Å². The van der Waals surface area contributed by atoms with Crippen molar-refractivity contribution < 1.29 is 4.80 Å². The number of rotatable bonds is 6. The van der Waals surface area contributed by atoms with E-state index in [2.05, 4.69) is 93.6 Å². The summed E-state index contributed by atoms with van der Waals surface area (Å²) in [4.78, 5) is 12.3. The van der Waals surface area contributed by atoms with Crippen molar-refractivity contribution in [2.45, 2.75) is 37.4 Å². The molecule has 26 heavy (non-hydrogen) atoms. The molecule has 0 aromatic heterocycles. The molecule has 3 unspecified atom stereocenters. The van der Waals surface area contributed by atoms with Gasteiger partial charge in [0.25, 0.3) is 0 Å². The molecule has 0 amide bonds. The summed E-state index contributed by atoms with van der Waals surface area (Å²) in [6.45, 7) is 6.63. The van der Waals surface area contributed by atoms with E-state index in [1.165, 1.54) is 16.7 Å². The Balaban J connectivity index is 2.09. The van der Waals surface area contributed by atoms with Crippen LogP contribution in [0.2, 0.25) is 0 Å². The van der Waals surface area contributed by atoms with E-state index in [0.717, 1.165) is 0 Å². The van der Waals surface area contributed by atoms with Crippen LogP contribution in [0.3, 0.4) is 0 Å². The molecule has 0 radical (unpaired) electrons. The summed E-state index contributed by atoms with van der Waals surface area (Å²) in [6.07, 6.45) is 0. The van der Waals surface area contributed by atoms with Crippen molar-refractivity contribution in [1.82, 2.24) is 0 Å². The lowest BCUT2D eigenvalue weighted by molar-refractivity contribution is 0.471. The van der Waals surface area contributed by atoms with Crippen LogP contribution in [0.5, 0.6) is 0 Å². The first kappa shape index (κ1) is 18.6. The molecule has 0 saturated heterocycles. The van der Waals surface area contributed by atoms with E-state index in [1.807, 2.05) is 18.2 Å². The predicted molar refractivity (Wildman–Crippen MR) is 113 cm³/mol. The van der Waals surface area contributed by atoms with Gasteiger partial charge in [-0.15, -0.1) is 0 Å². The third-order valence-electron chi connectivity index (χ3n) is 5.98. The molecule has 134 valence electrons. The van der Waals surface area contributed by atoms with Gasteiger partial charge in [0.2, 0.25) is 8.32 Å². The summed E-state index contributed by atoms with van der Waals surface area (Å²) in [7, 11) is -2.78. The van der Waals surface area contributed by atoms with E-state index in [4.69, 9.17) is 0 Å². The van der Waals surface area contributed by atoms with Crippen molar-refractivity contribution in [3.8, 4) is 0 Å². The Kier molecular flexibility index (Phi) is 5.75. The van der Waals surface area contributed by atoms with E-state index in [-0.39, 0.29) is 16.6 Å². The van der Waals surface area contributed by atoms with E-state index >= 15 is 0 Å². The minimum Gasteiger partial charge on any atom is -0.430 e. The van der Waals surface area contributed by atoms with E-state index in [1.54, 1.807) is 0 Å². The van der Waals surface area contributed by atoms with Crippen LogP contribution in [0, 0.1) is 0 Å². The van der Waals surface area contributed by atoms with Crippen molar-refractivity contribution in [3.63, 3.8) is 0 Å². The third-order valence-corrected chi connectivity index (χ3v) is 11.1. The molecule has 2 heteroatoms. The van der Waals surface area contributed by atoms with Gasteiger partial charge in [0.05, 0.1) is 0 Å². The topological polar surface area (TPSA) is 20.2 Å². The second-order valence-corrected chi connectivity index (χ2v) is 11.7. The summed E-state index contributed by atoms with van der Waals surface area (Å²) in [5.41, 5.74) is 4.09. The summed E-state index contributed by atoms with van der Waals surface area (Å²) in [6, 6.07) is 31.4. The molecule has 0 heterocycles. The molecule has 0 saturated carbocycles. The Morgan fingerprint density at radius 3 is 0.962 bits per heavy atom. The van der Waals surface area contributed by atoms with Gasteiger partial charge in [-0.3, -0.25) is 0 Å². The lowest BCUT2D eigenvalue weighted by Crippen LogP contribution is -2.51. The maximum atomic E-state index is 12.3. The Labute approximate surface area is 158 Å². The first-order valence-corrected chi connectivity index (χ1v) is 11.6. The molecule has 3 aromatic carbocycles. The van der Waals surface area contributed by atoms with Gasteiger partial charge in [-0.25, -0.2) is 0 Å². The van der Waals surface area contributed by atoms with Gasteiger partial charge in [-0.1, -0.05) is 112 Å². The largest absolute Gasteiger partial charge is 0.430 e. The van der Waals surface area contributed by atoms with Crippen molar-refractivity contribution in [3.05, 3.63) is 108 Å². The molecule has 0 aliphatic rings. The highest BCUT2D eigenvalue weighted by Gasteiger charge is 2.49. The predicted octanol–water partition coefficient (Wildman–Crippen LogP) is 5.95. The molecular weight excluding hydrogens is 332 g/mol. The average Bonchev–Trinajstić information content (AvgIpc) is 2.73. The fourth-order valence-corrected chi connectivity index (χ4v) is 8.58. The average molecular weight is 361 g/mol. The molecule has 0 aliphatic carbocycles. The maximum absolute atomic E-state index is 12.3. The highest BCUT2D eigenvalue weighted by Crippen LogP contribution is 2.44. The molecule has 0 fully saturated rings. The maximum Gasteiger partial charge on any atom is 0.209 e. The molecule has 3 atom stereocenters. The van der Waals surface area contributed by atoms with Gasteiger partial charge in [0.15, 0.2) is 0 Å². The standard InChI is InChI=1S/C24H28OSi/c1-19(22-13-7-4-8-14-22)26(25,20(2)23-15-9-5-10-16-23)21(3)24-17-11-6-12-18-24/h4-21,25H,1-3H3. The van der Waals surface area contributed by atoms with Crippen LogP contribution in [0.4, 0.5) is 0 Å². The second kappa shape index (κ2) is 8.03. The fraction of sp³-hybridized carbons (Fsp3) is 0.250. The van der Waals surface area contributed by atoms with Gasteiger partial charge < -0.3 is 4.80 Å². The minimum absolute atomic E-state index is 0.133. The Morgan fingerprint density at radius 2 is 0.731 bits per heavy atom. The van der Waals surface area contributed by atoms with Crippen molar-refractivity contribution in [1.29, 1.82) is 0 Å². The fourth-order valence-electron chi connectivity index (χ4n) is 4.15. The zero-order valence-electron chi connectivity index (χ0n) is 15.8. The number of hydrogen-bond donors (Lipinski definition) is 1. The lowest BCUT2D eigenvalue weighted by atomic mass is 10.1. The number of benzene rings is 3. The smallest absolute Gasteiger partial charge is 0.209 e. The van der Waals surface area contributed by atoms with Gasteiger partial charge >= 0.3 is 0 Å². The summed E-state index contributed by atoms with van der Waals surface area (Å²) in [5, 5.41) is 0. The third kappa shape index (κ3) is 3.53. The quantitative estimate of drug-likeness (QED) is 0.538. The monoisotopic (exact) mass is 360 g/mol. The molecule has 1 nitrogen and oxygen atoms in total. The second-order valence-electron chi connectivity index (χ2n) is 7.28. The molecule has 0 aliphatic heterocycles. The summed E-state index contributed by atoms with van der Waals surface area (Å²) in [5.74, 6) is 0. The number of hydrogen-bond acceptors (Lipinski definition) is 1. The summed E-state index contributed by atoms with van der Waals surface area (Å²) < 4.78 is 0. The summed E-state index contributed by atoms with van der Waals surface area (Å²) >= 11 is 0. The molecule has 0 spiro atoms. The van der Waals surface area contributed by atoms with E-state index in [0.29, 0.717) is 0 Å². The van der Waals surface area contributed by atoms with E-state index < -0.39 is 8.32 Å². The van der Waals surface area contributed by atoms with Gasteiger partial charge in [-0.2, -0.15) is 0 Å². The van der Waals surface area contributed by atoms with E-state index in [9.17, 15) is 4.80 Å².